The molecule has 0 radical (unpaired) electrons. The van der Waals surface area contributed by atoms with E-state index in [-0.39, 0.29) is 30.3 Å². The molecule has 2 fully saturated rings. The average Bonchev–Trinajstić information content (AvgIpc) is 2.56. The van der Waals surface area contributed by atoms with Crippen LogP contribution in [0, 0.1) is 5.92 Å². The van der Waals surface area contributed by atoms with Crippen molar-refractivity contribution >= 4 is 13.4 Å². The van der Waals surface area contributed by atoms with Crippen LogP contribution in [-0.4, -0.2) is 45.2 Å². The number of hydrogen-bond donors (Lipinski definition) is 0. The summed E-state index contributed by atoms with van der Waals surface area (Å²) in [7, 11) is -0.625. The second-order valence-corrected chi connectivity index (χ2v) is 8.27. The summed E-state index contributed by atoms with van der Waals surface area (Å²) >= 11 is 0. The van der Waals surface area contributed by atoms with Crippen molar-refractivity contribution in [3.05, 3.63) is 0 Å². The van der Waals surface area contributed by atoms with Gasteiger partial charge < -0.3 is 18.5 Å². The summed E-state index contributed by atoms with van der Waals surface area (Å²) < 4.78 is 33.3. The Balaban J connectivity index is 1.74. The second-order valence-electron chi connectivity index (χ2n) is 6.01. The van der Waals surface area contributed by atoms with Crippen LogP contribution in [0.2, 0.25) is 0 Å². The van der Waals surface area contributed by atoms with Gasteiger partial charge in [-0.05, 0) is 44.9 Å². The van der Waals surface area contributed by atoms with Crippen LogP contribution in [0.25, 0.3) is 0 Å². The van der Waals surface area contributed by atoms with Gasteiger partial charge in [0.25, 0.3) is 0 Å². The largest absolute Gasteiger partial charge is 0.353 e. The summed E-state index contributed by atoms with van der Waals surface area (Å²) in [4.78, 5) is 12.2. The minimum Gasteiger partial charge on any atom is -0.353 e. The van der Waals surface area contributed by atoms with Gasteiger partial charge in [-0.1, -0.05) is 0 Å². The van der Waals surface area contributed by atoms with E-state index in [1.54, 1.807) is 0 Å². The minimum absolute atomic E-state index is 0.0283. The first kappa shape index (κ1) is 18.1. The summed E-state index contributed by atoms with van der Waals surface area (Å²) in [5.41, 5.74) is 0. The smallest absolute Gasteiger partial charge is 0.337 e. The second kappa shape index (κ2) is 8.55. The van der Waals surface area contributed by atoms with Crippen molar-refractivity contribution in [2.24, 2.45) is 5.92 Å². The fourth-order valence-corrected chi connectivity index (χ4v) is 4.12. The quantitative estimate of drug-likeness (QED) is 0.666. The van der Waals surface area contributed by atoms with E-state index in [9.17, 15) is 9.36 Å². The van der Waals surface area contributed by atoms with Gasteiger partial charge in [-0.2, -0.15) is 0 Å². The molecule has 0 amide bonds. The van der Waals surface area contributed by atoms with Crippen molar-refractivity contribution in [3.8, 4) is 0 Å². The number of ether oxygens (including phenoxy) is 2. The highest BCUT2D eigenvalue weighted by atomic mass is 31.2. The topological polar surface area (TPSA) is 71.1 Å². The van der Waals surface area contributed by atoms with Gasteiger partial charge in [-0.3, -0.25) is 9.36 Å². The molecule has 1 atom stereocenters. The Labute approximate surface area is 132 Å². The lowest BCUT2D eigenvalue weighted by molar-refractivity contribution is -0.194. The van der Waals surface area contributed by atoms with Gasteiger partial charge in [0.05, 0.1) is 6.10 Å². The maximum absolute atomic E-state index is 12.2. The van der Waals surface area contributed by atoms with Crippen molar-refractivity contribution in [3.63, 3.8) is 0 Å². The molecule has 7 heteroatoms. The molecule has 0 N–H and O–H groups in total. The Morgan fingerprint density at radius 3 is 2.32 bits per heavy atom. The van der Waals surface area contributed by atoms with E-state index in [2.05, 4.69) is 0 Å². The third-order valence-corrected chi connectivity index (χ3v) is 6.33. The summed E-state index contributed by atoms with van der Waals surface area (Å²) in [5, 5.41) is 0. The number of carbonyl (C=O) groups excluding carboxylic acids is 1. The molecule has 2 aliphatic rings. The Morgan fingerprint density at radius 2 is 1.77 bits per heavy atom. The highest BCUT2D eigenvalue weighted by Crippen LogP contribution is 2.47. The average molecular weight is 334 g/mol. The fourth-order valence-electron chi connectivity index (χ4n) is 3.08. The number of rotatable bonds is 7. The van der Waals surface area contributed by atoms with Crippen LogP contribution in [-0.2, 0) is 27.9 Å². The maximum Gasteiger partial charge on any atom is 0.337 e. The first-order valence-corrected chi connectivity index (χ1v) is 9.79. The number of carbonyl (C=O) groups is 1. The molecule has 1 saturated heterocycles. The molecule has 1 aliphatic carbocycles. The van der Waals surface area contributed by atoms with Gasteiger partial charge in [-0.15, -0.1) is 0 Å². The van der Waals surface area contributed by atoms with Gasteiger partial charge in [-0.25, -0.2) is 0 Å². The molecular weight excluding hydrogens is 307 g/mol. The zero-order chi connectivity index (χ0) is 16.0. The minimum atomic E-state index is -3.25. The van der Waals surface area contributed by atoms with Crippen LogP contribution < -0.4 is 0 Å². The monoisotopic (exact) mass is 334 g/mol. The van der Waals surface area contributed by atoms with Crippen molar-refractivity contribution in [2.45, 2.75) is 57.3 Å². The van der Waals surface area contributed by atoms with Crippen LogP contribution in [0.4, 0.5) is 0 Å². The van der Waals surface area contributed by atoms with Gasteiger partial charge in [0, 0.05) is 26.7 Å². The van der Waals surface area contributed by atoms with E-state index in [0.29, 0.717) is 0 Å². The lowest BCUT2D eigenvalue weighted by Gasteiger charge is -2.32. The Hall–Kier alpha value is -0.260. The van der Waals surface area contributed by atoms with Gasteiger partial charge >= 0.3 is 7.60 Å². The molecule has 0 bridgehead atoms. The van der Waals surface area contributed by atoms with Crippen molar-refractivity contribution in [1.82, 2.24) is 0 Å². The molecule has 128 valence electrons. The van der Waals surface area contributed by atoms with Gasteiger partial charge in [0.15, 0.2) is 6.29 Å². The molecule has 1 saturated carbocycles. The number of Topliss-reactive ketones (excluding diaryl/α,β-unsaturated/α-hetero) is 1. The molecule has 0 spiro atoms. The first-order chi connectivity index (χ1) is 10.6. The normalized spacial score (nSPS) is 30.2. The molecule has 0 aromatic rings. The molecular formula is C15H27O6P. The van der Waals surface area contributed by atoms with Gasteiger partial charge in [0.2, 0.25) is 0 Å². The van der Waals surface area contributed by atoms with Crippen LogP contribution in [0.5, 0.6) is 0 Å². The van der Waals surface area contributed by atoms with Crippen LogP contribution in [0.15, 0.2) is 0 Å². The third-order valence-electron chi connectivity index (χ3n) is 4.52. The lowest BCUT2D eigenvalue weighted by atomic mass is 9.85. The molecule has 0 aromatic heterocycles. The van der Waals surface area contributed by atoms with E-state index in [1.807, 2.05) is 0 Å². The summed E-state index contributed by atoms with van der Waals surface area (Å²) in [6.45, 7) is 0.780. The Bertz CT molecular complexity index is 391. The Kier molecular flexibility index (Phi) is 7.03. The van der Waals surface area contributed by atoms with E-state index in [1.165, 1.54) is 14.2 Å². The maximum atomic E-state index is 12.2. The zero-order valence-corrected chi connectivity index (χ0v) is 14.4. The standard InChI is InChI=1S/C15H27O6P/c1-18-22(17,19-2)11-14(16)12-6-8-13(9-7-12)21-15-5-3-4-10-20-15/h12-13,15H,3-11H2,1-2H3. The highest BCUT2D eigenvalue weighted by Gasteiger charge is 2.33. The van der Waals surface area contributed by atoms with Crippen LogP contribution >= 0.6 is 7.60 Å². The molecule has 2 rings (SSSR count). The molecule has 1 unspecified atom stereocenters. The van der Waals surface area contributed by atoms with E-state index in [4.69, 9.17) is 18.5 Å². The van der Waals surface area contributed by atoms with E-state index < -0.39 is 7.60 Å². The molecule has 0 aromatic carbocycles. The fraction of sp³-hybridized carbons (Fsp3) is 0.933. The number of ketones is 1. The van der Waals surface area contributed by atoms with Crippen LogP contribution in [0.3, 0.4) is 0 Å². The van der Waals surface area contributed by atoms with Crippen molar-refractivity contribution in [2.75, 3.05) is 27.0 Å². The predicted molar refractivity (Wildman–Crippen MR) is 81.9 cm³/mol. The van der Waals surface area contributed by atoms with Crippen LogP contribution in [0.1, 0.15) is 44.9 Å². The van der Waals surface area contributed by atoms with Crippen molar-refractivity contribution in [1.29, 1.82) is 0 Å². The molecule has 6 nitrogen and oxygen atoms in total. The first-order valence-electron chi connectivity index (χ1n) is 8.06. The summed E-state index contributed by atoms with van der Waals surface area (Å²) in [6.07, 6.45) is 6.42. The summed E-state index contributed by atoms with van der Waals surface area (Å²) in [6, 6.07) is 0. The van der Waals surface area contributed by atoms with E-state index in [0.717, 1.165) is 51.6 Å². The predicted octanol–water partition coefficient (Wildman–Crippen LogP) is 3.14. The lowest BCUT2D eigenvalue weighted by Crippen LogP contribution is -2.32. The van der Waals surface area contributed by atoms with Gasteiger partial charge in [0.1, 0.15) is 11.9 Å². The number of hydrogen-bond acceptors (Lipinski definition) is 6. The Morgan fingerprint density at radius 1 is 1.09 bits per heavy atom. The zero-order valence-electron chi connectivity index (χ0n) is 13.5. The molecule has 1 aliphatic heterocycles. The van der Waals surface area contributed by atoms with E-state index >= 15 is 0 Å². The SMILES string of the molecule is COP(=O)(CC(=O)C1CCC(OC2CCCCO2)CC1)OC. The third kappa shape index (κ3) is 5.14. The summed E-state index contributed by atoms with van der Waals surface area (Å²) in [5.74, 6) is -0.0925. The molecule has 1 heterocycles. The molecule has 22 heavy (non-hydrogen) atoms. The highest BCUT2D eigenvalue weighted by molar-refractivity contribution is 7.54. The van der Waals surface area contributed by atoms with Crippen molar-refractivity contribution < 1.29 is 27.9 Å².